The SMILES string of the molecule is CN(CC1CCOCC1)C(=O)c1cnccc1Cl. The summed E-state index contributed by atoms with van der Waals surface area (Å²) < 4.78 is 5.31. The normalized spacial score (nSPS) is 16.6. The zero-order valence-electron chi connectivity index (χ0n) is 10.4. The summed E-state index contributed by atoms with van der Waals surface area (Å²) >= 11 is 6.00. The van der Waals surface area contributed by atoms with Crippen LogP contribution in [0.2, 0.25) is 5.02 Å². The lowest BCUT2D eigenvalue weighted by atomic mass is 10.00. The molecular formula is C13H17ClN2O2. The van der Waals surface area contributed by atoms with Gasteiger partial charge in [-0.05, 0) is 24.8 Å². The van der Waals surface area contributed by atoms with E-state index in [1.165, 1.54) is 6.20 Å². The monoisotopic (exact) mass is 268 g/mol. The molecule has 0 aliphatic carbocycles. The van der Waals surface area contributed by atoms with Crippen LogP contribution >= 0.6 is 11.6 Å². The van der Waals surface area contributed by atoms with Crippen molar-refractivity contribution in [3.63, 3.8) is 0 Å². The molecule has 0 spiro atoms. The van der Waals surface area contributed by atoms with Crippen molar-refractivity contribution < 1.29 is 9.53 Å². The molecule has 0 radical (unpaired) electrons. The quantitative estimate of drug-likeness (QED) is 0.844. The second kappa shape index (κ2) is 6.16. The summed E-state index contributed by atoms with van der Waals surface area (Å²) in [6.07, 6.45) is 5.12. The zero-order chi connectivity index (χ0) is 13.0. The molecule has 1 aromatic heterocycles. The van der Waals surface area contributed by atoms with Gasteiger partial charge in [-0.15, -0.1) is 0 Å². The van der Waals surface area contributed by atoms with Gasteiger partial charge >= 0.3 is 0 Å². The molecule has 0 N–H and O–H groups in total. The molecule has 5 heteroatoms. The Morgan fingerprint density at radius 3 is 2.94 bits per heavy atom. The Kier molecular flexibility index (Phi) is 4.55. The third-order valence-electron chi connectivity index (χ3n) is 3.22. The van der Waals surface area contributed by atoms with Gasteiger partial charge in [-0.2, -0.15) is 0 Å². The van der Waals surface area contributed by atoms with Crippen LogP contribution < -0.4 is 0 Å². The van der Waals surface area contributed by atoms with E-state index in [2.05, 4.69) is 4.98 Å². The Morgan fingerprint density at radius 1 is 1.56 bits per heavy atom. The lowest BCUT2D eigenvalue weighted by Gasteiger charge is -2.27. The van der Waals surface area contributed by atoms with Crippen LogP contribution in [-0.4, -0.2) is 42.6 Å². The number of halogens is 1. The molecule has 0 atom stereocenters. The summed E-state index contributed by atoms with van der Waals surface area (Å²) in [5, 5.41) is 0.453. The van der Waals surface area contributed by atoms with Gasteiger partial charge in [-0.1, -0.05) is 11.6 Å². The predicted molar refractivity (Wildman–Crippen MR) is 69.8 cm³/mol. The van der Waals surface area contributed by atoms with Crippen molar-refractivity contribution in [3.8, 4) is 0 Å². The van der Waals surface area contributed by atoms with Gasteiger partial charge in [-0.25, -0.2) is 0 Å². The maximum Gasteiger partial charge on any atom is 0.256 e. The molecule has 1 aliphatic rings. The van der Waals surface area contributed by atoms with E-state index >= 15 is 0 Å². The van der Waals surface area contributed by atoms with Crippen LogP contribution in [0.25, 0.3) is 0 Å². The highest BCUT2D eigenvalue weighted by atomic mass is 35.5. The van der Waals surface area contributed by atoms with Crippen molar-refractivity contribution >= 4 is 17.5 Å². The molecule has 2 rings (SSSR count). The van der Waals surface area contributed by atoms with Gasteiger partial charge in [0.25, 0.3) is 5.91 Å². The first-order valence-electron chi connectivity index (χ1n) is 6.11. The standard InChI is InChI=1S/C13H17ClN2O2/c1-16(9-10-3-6-18-7-4-10)13(17)11-8-15-5-2-12(11)14/h2,5,8,10H,3-4,6-7,9H2,1H3. The largest absolute Gasteiger partial charge is 0.381 e. The molecule has 1 saturated heterocycles. The van der Waals surface area contributed by atoms with Gasteiger partial charge < -0.3 is 9.64 Å². The summed E-state index contributed by atoms with van der Waals surface area (Å²) in [5.41, 5.74) is 0.466. The minimum atomic E-state index is -0.0698. The second-order valence-electron chi connectivity index (χ2n) is 4.60. The molecule has 18 heavy (non-hydrogen) atoms. The van der Waals surface area contributed by atoms with E-state index in [1.807, 2.05) is 0 Å². The number of amides is 1. The Morgan fingerprint density at radius 2 is 2.28 bits per heavy atom. The summed E-state index contributed by atoms with van der Waals surface area (Å²) in [4.78, 5) is 17.9. The number of aromatic nitrogens is 1. The fourth-order valence-electron chi connectivity index (χ4n) is 2.14. The Balaban J connectivity index is 1.98. The minimum Gasteiger partial charge on any atom is -0.381 e. The highest BCUT2D eigenvalue weighted by Crippen LogP contribution is 2.19. The molecule has 1 aromatic rings. The van der Waals surface area contributed by atoms with Crippen molar-refractivity contribution in [1.29, 1.82) is 0 Å². The Bertz CT molecular complexity index is 419. The Hall–Kier alpha value is -1.13. The molecule has 4 nitrogen and oxygen atoms in total. The molecule has 2 heterocycles. The third-order valence-corrected chi connectivity index (χ3v) is 3.55. The van der Waals surface area contributed by atoms with Gasteiger partial charge in [0.05, 0.1) is 10.6 Å². The van der Waals surface area contributed by atoms with Crippen molar-refractivity contribution in [2.45, 2.75) is 12.8 Å². The second-order valence-corrected chi connectivity index (χ2v) is 5.00. The van der Waals surface area contributed by atoms with E-state index in [0.717, 1.165) is 32.6 Å². The average molecular weight is 269 g/mol. The summed E-state index contributed by atoms with van der Waals surface area (Å²) in [6.45, 7) is 2.33. The lowest BCUT2D eigenvalue weighted by Crippen LogP contribution is -2.34. The van der Waals surface area contributed by atoms with Gasteiger partial charge in [0.2, 0.25) is 0 Å². The van der Waals surface area contributed by atoms with Crippen LogP contribution in [0.1, 0.15) is 23.2 Å². The van der Waals surface area contributed by atoms with E-state index < -0.39 is 0 Å². The van der Waals surface area contributed by atoms with Crippen LogP contribution in [0, 0.1) is 5.92 Å². The minimum absolute atomic E-state index is 0.0698. The number of pyridine rings is 1. The number of rotatable bonds is 3. The number of carbonyl (C=O) groups excluding carboxylic acids is 1. The van der Waals surface area contributed by atoms with Gasteiger partial charge in [0, 0.05) is 39.2 Å². The van der Waals surface area contributed by atoms with Crippen LogP contribution in [0.15, 0.2) is 18.5 Å². The zero-order valence-corrected chi connectivity index (χ0v) is 11.2. The van der Waals surface area contributed by atoms with Crippen molar-refractivity contribution in [1.82, 2.24) is 9.88 Å². The van der Waals surface area contributed by atoms with Gasteiger partial charge in [0.15, 0.2) is 0 Å². The predicted octanol–water partition coefficient (Wildman–Crippen LogP) is 2.23. The fraction of sp³-hybridized carbons (Fsp3) is 0.538. The number of hydrogen-bond acceptors (Lipinski definition) is 3. The van der Waals surface area contributed by atoms with Crippen molar-refractivity contribution in [3.05, 3.63) is 29.0 Å². The molecule has 0 unspecified atom stereocenters. The third kappa shape index (κ3) is 3.21. The molecule has 98 valence electrons. The van der Waals surface area contributed by atoms with Gasteiger partial charge in [-0.3, -0.25) is 9.78 Å². The molecule has 0 saturated carbocycles. The van der Waals surface area contributed by atoms with E-state index in [4.69, 9.17) is 16.3 Å². The van der Waals surface area contributed by atoms with E-state index in [0.29, 0.717) is 16.5 Å². The summed E-state index contributed by atoms with van der Waals surface area (Å²) in [6, 6.07) is 1.64. The van der Waals surface area contributed by atoms with E-state index in [1.54, 1.807) is 24.2 Å². The van der Waals surface area contributed by atoms with E-state index in [9.17, 15) is 4.79 Å². The van der Waals surface area contributed by atoms with Crippen molar-refractivity contribution in [2.75, 3.05) is 26.8 Å². The van der Waals surface area contributed by atoms with Gasteiger partial charge in [0.1, 0.15) is 0 Å². The average Bonchev–Trinajstić information content (AvgIpc) is 2.39. The number of carbonyl (C=O) groups is 1. The number of hydrogen-bond donors (Lipinski definition) is 0. The van der Waals surface area contributed by atoms with Crippen LogP contribution in [0.3, 0.4) is 0 Å². The topological polar surface area (TPSA) is 42.4 Å². The maximum atomic E-state index is 12.2. The highest BCUT2D eigenvalue weighted by Gasteiger charge is 2.20. The first-order valence-corrected chi connectivity index (χ1v) is 6.49. The first kappa shape index (κ1) is 13.3. The number of nitrogens with zero attached hydrogens (tertiary/aromatic N) is 2. The maximum absolute atomic E-state index is 12.2. The number of ether oxygens (including phenoxy) is 1. The van der Waals surface area contributed by atoms with Crippen LogP contribution in [-0.2, 0) is 4.74 Å². The summed E-state index contributed by atoms with van der Waals surface area (Å²) in [7, 11) is 1.81. The molecular weight excluding hydrogens is 252 g/mol. The first-order chi connectivity index (χ1) is 8.68. The van der Waals surface area contributed by atoms with Crippen LogP contribution in [0.5, 0.6) is 0 Å². The van der Waals surface area contributed by atoms with Crippen molar-refractivity contribution in [2.24, 2.45) is 5.92 Å². The molecule has 1 amide bonds. The molecule has 0 aromatic carbocycles. The van der Waals surface area contributed by atoms with Crippen LogP contribution in [0.4, 0.5) is 0 Å². The summed E-state index contributed by atoms with van der Waals surface area (Å²) in [5.74, 6) is 0.447. The fourth-order valence-corrected chi connectivity index (χ4v) is 2.33. The molecule has 0 bridgehead atoms. The lowest BCUT2D eigenvalue weighted by molar-refractivity contribution is 0.0497. The highest BCUT2D eigenvalue weighted by molar-refractivity contribution is 6.33. The molecule has 1 fully saturated rings. The van der Waals surface area contributed by atoms with E-state index in [-0.39, 0.29) is 5.91 Å². The Labute approximate surface area is 112 Å². The molecule has 1 aliphatic heterocycles. The smallest absolute Gasteiger partial charge is 0.256 e.